The topological polar surface area (TPSA) is 111 Å². The fourth-order valence-corrected chi connectivity index (χ4v) is 8.97. The summed E-state index contributed by atoms with van der Waals surface area (Å²) in [4.78, 5) is 59.6. The van der Waals surface area contributed by atoms with Crippen LogP contribution in [0.3, 0.4) is 0 Å². The number of nitrogens with one attached hydrogen (secondary N) is 2. The molecule has 10 nitrogen and oxygen atoms in total. The van der Waals surface area contributed by atoms with E-state index in [1.165, 1.54) is 11.1 Å². The molecule has 1 aliphatic rings. The Morgan fingerprint density at radius 1 is 0.891 bits per heavy atom. The van der Waals surface area contributed by atoms with Crippen molar-refractivity contribution in [2.24, 2.45) is 17.8 Å². The molecule has 1 aliphatic heterocycles. The Balaban J connectivity index is 1.56. The second-order valence-electron chi connectivity index (χ2n) is 16.2. The van der Waals surface area contributed by atoms with Crippen LogP contribution in [0.4, 0.5) is 0 Å². The fourth-order valence-electron chi connectivity index (χ4n) is 7.57. The third kappa shape index (κ3) is 15.3. The van der Waals surface area contributed by atoms with Gasteiger partial charge in [0.15, 0.2) is 0 Å². The summed E-state index contributed by atoms with van der Waals surface area (Å²) < 4.78 is 5.73. The highest BCUT2D eigenvalue weighted by molar-refractivity contribution is 7.99. The van der Waals surface area contributed by atoms with E-state index in [1.807, 2.05) is 89.6 Å². The van der Waals surface area contributed by atoms with Crippen molar-refractivity contribution >= 4 is 35.3 Å². The molecule has 55 heavy (non-hydrogen) atoms. The number of likely N-dealkylation sites (tertiary alicyclic amines) is 1. The van der Waals surface area contributed by atoms with E-state index in [2.05, 4.69) is 51.9 Å². The van der Waals surface area contributed by atoms with Crippen LogP contribution in [0.2, 0.25) is 0 Å². The zero-order valence-electron chi connectivity index (χ0n) is 35.0. The van der Waals surface area contributed by atoms with Crippen molar-refractivity contribution in [2.75, 3.05) is 54.4 Å². The highest BCUT2D eigenvalue weighted by Crippen LogP contribution is 2.32. The third-order valence-corrected chi connectivity index (χ3v) is 12.2. The lowest BCUT2D eigenvalue weighted by molar-refractivity contribution is -0.140. The number of nitrogens with zero attached hydrogens (tertiary/aromatic N) is 3. The Labute approximate surface area is 335 Å². The van der Waals surface area contributed by atoms with Crippen LogP contribution in [0.1, 0.15) is 77.8 Å². The summed E-state index contributed by atoms with van der Waals surface area (Å²) in [5.74, 6) is 0.454. The molecule has 2 aromatic carbocycles. The molecule has 3 rings (SSSR count). The number of rotatable bonds is 24. The van der Waals surface area contributed by atoms with E-state index in [1.54, 1.807) is 19.1 Å². The molecule has 6 unspecified atom stereocenters. The number of benzene rings is 2. The molecule has 306 valence electrons. The van der Waals surface area contributed by atoms with Crippen LogP contribution in [-0.2, 0) is 36.1 Å². The van der Waals surface area contributed by atoms with Crippen LogP contribution < -0.4 is 10.6 Å². The average molecular weight is 780 g/mol. The Hall–Kier alpha value is -3.25. The van der Waals surface area contributed by atoms with Crippen LogP contribution in [0.5, 0.6) is 0 Å². The van der Waals surface area contributed by atoms with E-state index in [-0.39, 0.29) is 71.6 Å². The van der Waals surface area contributed by atoms with Crippen molar-refractivity contribution in [3.05, 3.63) is 71.8 Å². The Kier molecular flexibility index (Phi) is 19.9. The number of methoxy groups -OCH3 is 1. The van der Waals surface area contributed by atoms with Gasteiger partial charge in [0.1, 0.15) is 11.8 Å². The third-order valence-electron chi connectivity index (χ3n) is 10.8. The van der Waals surface area contributed by atoms with Crippen molar-refractivity contribution in [1.29, 1.82) is 0 Å². The maximum atomic E-state index is 13.6. The van der Waals surface area contributed by atoms with Gasteiger partial charge in [0, 0.05) is 63.1 Å². The number of thioether (sulfide) groups is 1. The second kappa shape index (κ2) is 23.7. The number of ether oxygens (including phenoxy) is 1. The number of hydrogen-bond acceptors (Lipinski definition) is 8. The molecule has 0 bridgehead atoms. The second-order valence-corrected chi connectivity index (χ2v) is 17.4. The van der Waals surface area contributed by atoms with Gasteiger partial charge in [0.2, 0.25) is 17.7 Å². The number of hydrogen-bond donors (Lipinski definition) is 2. The zero-order chi connectivity index (χ0) is 40.5. The van der Waals surface area contributed by atoms with Crippen molar-refractivity contribution < 1.29 is 23.9 Å². The molecule has 2 aromatic rings. The first-order valence-electron chi connectivity index (χ1n) is 20.2. The Bertz CT molecular complexity index is 1450. The number of likely N-dealkylation sites (N-methyl/N-ethyl adjacent to an activating group) is 2. The molecule has 1 fully saturated rings. The van der Waals surface area contributed by atoms with E-state index < -0.39 is 12.1 Å². The number of ketones is 1. The van der Waals surface area contributed by atoms with Gasteiger partial charge in [-0.05, 0) is 75.8 Å². The summed E-state index contributed by atoms with van der Waals surface area (Å²) in [5.41, 5.74) is 2.46. The van der Waals surface area contributed by atoms with E-state index in [9.17, 15) is 19.2 Å². The Morgan fingerprint density at radius 2 is 1.53 bits per heavy atom. The maximum Gasteiger partial charge on any atom is 0.245 e. The standard InChI is InChI=1S/C44H69N5O5S/c1-31(2)41(46-43(52)42(32(3)4)47(6)7)44(53)48(8)29-36(54-9)27-38(50)33(5)23-26-49-25-16-21-37(49)39(55-30-35-19-14-11-15-20-35)28-40(51)45-24-22-34-17-12-10-13-18-34/h10-15,17-20,31-33,36-37,39,41-42H,16,21-30H2,1-9H3,(H,45,51)(H,46,52). The molecule has 11 heteroatoms. The number of amides is 3. The van der Waals surface area contributed by atoms with E-state index >= 15 is 0 Å². The predicted octanol–water partition coefficient (Wildman–Crippen LogP) is 5.69. The van der Waals surface area contributed by atoms with Crippen molar-refractivity contribution in [3.8, 4) is 0 Å². The molecule has 0 spiro atoms. The smallest absolute Gasteiger partial charge is 0.245 e. The minimum atomic E-state index is -0.686. The van der Waals surface area contributed by atoms with Crippen LogP contribution in [0.25, 0.3) is 0 Å². The molecule has 0 saturated carbocycles. The van der Waals surface area contributed by atoms with E-state index in [0.29, 0.717) is 19.4 Å². The van der Waals surface area contributed by atoms with Gasteiger partial charge in [-0.3, -0.25) is 29.0 Å². The summed E-state index contributed by atoms with van der Waals surface area (Å²) in [6.45, 7) is 12.4. The van der Waals surface area contributed by atoms with Crippen LogP contribution in [0.15, 0.2) is 60.7 Å². The first-order chi connectivity index (χ1) is 26.2. The molecular weight excluding hydrogens is 711 g/mol. The highest BCUT2D eigenvalue weighted by Gasteiger charge is 2.35. The van der Waals surface area contributed by atoms with E-state index in [0.717, 1.165) is 38.1 Å². The minimum absolute atomic E-state index is 0.0830. The molecule has 1 saturated heterocycles. The predicted molar refractivity (Wildman–Crippen MR) is 225 cm³/mol. The maximum absolute atomic E-state index is 13.6. The monoisotopic (exact) mass is 780 g/mol. The number of carbonyl (C=O) groups excluding carboxylic acids is 4. The van der Waals surface area contributed by atoms with E-state index in [4.69, 9.17) is 4.74 Å². The minimum Gasteiger partial charge on any atom is -0.379 e. The quantitative estimate of drug-likeness (QED) is 0.140. The summed E-state index contributed by atoms with van der Waals surface area (Å²) >= 11 is 1.86. The SMILES string of the molecule is COC(CC(=O)C(C)CCN1CCCC1C(CC(=O)NCCc1ccccc1)SCc1ccccc1)CN(C)C(=O)C(NC(=O)C(C(C)C)N(C)C)C(C)C. The van der Waals surface area contributed by atoms with Gasteiger partial charge in [-0.15, -0.1) is 0 Å². The van der Waals surface area contributed by atoms with Gasteiger partial charge in [-0.1, -0.05) is 95.3 Å². The largest absolute Gasteiger partial charge is 0.379 e. The van der Waals surface area contributed by atoms with Crippen LogP contribution in [0, 0.1) is 17.8 Å². The van der Waals surface area contributed by atoms with Gasteiger partial charge in [-0.25, -0.2) is 0 Å². The average Bonchev–Trinajstić information content (AvgIpc) is 3.62. The lowest BCUT2D eigenvalue weighted by atomic mass is 9.96. The number of carbonyl (C=O) groups is 4. The van der Waals surface area contributed by atoms with Crippen LogP contribution >= 0.6 is 11.8 Å². The first kappa shape index (κ1) is 46.1. The molecule has 0 aromatic heterocycles. The van der Waals surface area contributed by atoms with Gasteiger partial charge >= 0.3 is 0 Å². The summed E-state index contributed by atoms with van der Waals surface area (Å²) in [5, 5.41) is 6.30. The summed E-state index contributed by atoms with van der Waals surface area (Å²) in [6.07, 6.45) is 3.82. The van der Waals surface area contributed by atoms with Crippen molar-refractivity contribution in [2.45, 2.75) is 108 Å². The lowest BCUT2D eigenvalue weighted by Crippen LogP contribution is -2.56. The molecule has 1 heterocycles. The number of Topliss-reactive ketones (excluding diaryl/α,β-unsaturated/α-hetero) is 1. The molecule has 0 aliphatic carbocycles. The van der Waals surface area contributed by atoms with Crippen molar-refractivity contribution in [3.63, 3.8) is 0 Å². The zero-order valence-corrected chi connectivity index (χ0v) is 35.8. The van der Waals surface area contributed by atoms with Gasteiger partial charge in [0.25, 0.3) is 0 Å². The molecule has 2 N–H and O–H groups in total. The molecule has 6 atom stereocenters. The fraction of sp³-hybridized carbons (Fsp3) is 0.636. The Morgan fingerprint density at radius 3 is 2.11 bits per heavy atom. The summed E-state index contributed by atoms with van der Waals surface area (Å²) in [7, 11) is 7.02. The first-order valence-corrected chi connectivity index (χ1v) is 21.2. The van der Waals surface area contributed by atoms with Gasteiger partial charge in [-0.2, -0.15) is 11.8 Å². The van der Waals surface area contributed by atoms with Gasteiger partial charge < -0.3 is 20.3 Å². The highest BCUT2D eigenvalue weighted by atomic mass is 32.2. The van der Waals surface area contributed by atoms with Crippen LogP contribution in [-0.4, -0.2) is 122 Å². The molecule has 3 amide bonds. The summed E-state index contributed by atoms with van der Waals surface area (Å²) in [6, 6.07) is 19.9. The van der Waals surface area contributed by atoms with Gasteiger partial charge in [0.05, 0.1) is 12.1 Å². The normalized spacial score (nSPS) is 17.5. The lowest BCUT2D eigenvalue weighted by Gasteiger charge is -2.33. The molecule has 0 radical (unpaired) electrons. The van der Waals surface area contributed by atoms with Crippen molar-refractivity contribution in [1.82, 2.24) is 25.3 Å². The molecular formula is C44H69N5O5S.